The van der Waals surface area contributed by atoms with Gasteiger partial charge in [0.15, 0.2) is 0 Å². The average molecular weight is 298 g/mol. The summed E-state index contributed by atoms with van der Waals surface area (Å²) in [5.74, 6) is 0.894. The van der Waals surface area contributed by atoms with Crippen molar-refractivity contribution in [2.45, 2.75) is 45.1 Å². The molecule has 17 heavy (non-hydrogen) atoms. The molecule has 0 unspecified atom stereocenters. The van der Waals surface area contributed by atoms with Gasteiger partial charge in [-0.25, -0.2) is 0 Å². The maximum Gasteiger partial charge on any atom is 0.133 e. The van der Waals surface area contributed by atoms with Crippen molar-refractivity contribution in [1.29, 1.82) is 0 Å². The molecule has 0 amide bonds. The molecule has 1 aliphatic carbocycles. The molecule has 2 N–H and O–H groups in total. The number of hydrogen-bond acceptors (Lipinski definition) is 2. The average Bonchev–Trinajstić information content (AvgIpc) is 2.71. The lowest BCUT2D eigenvalue weighted by Gasteiger charge is -2.29. The second kappa shape index (κ2) is 4.62. The molecule has 94 valence electrons. The summed E-state index contributed by atoms with van der Waals surface area (Å²) in [6, 6.07) is 2.08. The number of aryl methyl sites for hydroxylation is 1. The van der Waals surface area contributed by atoms with Gasteiger partial charge in [0.25, 0.3) is 0 Å². The molecule has 0 bridgehead atoms. The fourth-order valence-corrected chi connectivity index (χ4v) is 3.57. The van der Waals surface area contributed by atoms with Gasteiger partial charge in [-0.05, 0) is 65.4 Å². The van der Waals surface area contributed by atoms with Crippen molar-refractivity contribution in [2.24, 2.45) is 5.73 Å². The second-order valence-corrected chi connectivity index (χ2v) is 5.87. The molecule has 3 heteroatoms. The number of ether oxygens (including phenoxy) is 1. The minimum Gasteiger partial charge on any atom is -0.496 e. The van der Waals surface area contributed by atoms with Crippen molar-refractivity contribution < 1.29 is 4.74 Å². The van der Waals surface area contributed by atoms with Gasteiger partial charge in [-0.2, -0.15) is 0 Å². The zero-order chi connectivity index (χ0) is 12.6. The molecular formula is C14H20BrNO. The van der Waals surface area contributed by atoms with Gasteiger partial charge in [0.2, 0.25) is 0 Å². The molecule has 0 radical (unpaired) electrons. The van der Waals surface area contributed by atoms with Gasteiger partial charge in [0.05, 0.1) is 11.6 Å². The fraction of sp³-hybridized carbons (Fsp3) is 0.571. The van der Waals surface area contributed by atoms with Crippen LogP contribution in [0.1, 0.15) is 42.4 Å². The Hall–Kier alpha value is -0.540. The minimum atomic E-state index is -0.136. The van der Waals surface area contributed by atoms with E-state index in [0.717, 1.165) is 23.1 Å². The summed E-state index contributed by atoms with van der Waals surface area (Å²) in [5, 5.41) is 0. The highest BCUT2D eigenvalue weighted by Crippen LogP contribution is 2.43. The number of rotatable bonds is 2. The Morgan fingerprint density at radius 2 is 1.88 bits per heavy atom. The summed E-state index contributed by atoms with van der Waals surface area (Å²) in [6.45, 7) is 4.26. The SMILES string of the molecule is COc1cc(C)c(C2(N)CCCC2)c(C)c1Br. The molecule has 2 nitrogen and oxygen atoms in total. The third kappa shape index (κ3) is 2.11. The maximum absolute atomic E-state index is 6.58. The van der Waals surface area contributed by atoms with E-state index in [1.807, 2.05) is 0 Å². The van der Waals surface area contributed by atoms with Gasteiger partial charge in [-0.15, -0.1) is 0 Å². The number of methoxy groups -OCH3 is 1. The first kappa shape index (κ1) is 12.9. The number of halogens is 1. The van der Waals surface area contributed by atoms with E-state index in [1.54, 1.807) is 7.11 Å². The van der Waals surface area contributed by atoms with Crippen molar-refractivity contribution in [2.75, 3.05) is 7.11 Å². The molecule has 1 saturated carbocycles. The first-order valence-electron chi connectivity index (χ1n) is 6.12. The van der Waals surface area contributed by atoms with Crippen LogP contribution >= 0.6 is 15.9 Å². The molecule has 1 aliphatic rings. The van der Waals surface area contributed by atoms with Crippen molar-refractivity contribution in [1.82, 2.24) is 0 Å². The lowest BCUT2D eigenvalue weighted by molar-refractivity contribution is 0.408. The van der Waals surface area contributed by atoms with Crippen LogP contribution in [0.5, 0.6) is 5.75 Å². The standard InChI is InChI=1S/C14H20BrNO/c1-9-8-11(17-3)13(15)10(2)12(9)14(16)6-4-5-7-14/h8H,4-7,16H2,1-3H3. The predicted octanol–water partition coefficient (Wildman–Crippen LogP) is 3.80. The highest BCUT2D eigenvalue weighted by molar-refractivity contribution is 9.10. The van der Waals surface area contributed by atoms with Crippen LogP contribution in [0.2, 0.25) is 0 Å². The lowest BCUT2D eigenvalue weighted by atomic mass is 9.83. The van der Waals surface area contributed by atoms with Crippen LogP contribution in [0.3, 0.4) is 0 Å². The van der Waals surface area contributed by atoms with Gasteiger partial charge < -0.3 is 10.5 Å². The third-order valence-corrected chi connectivity index (χ3v) is 4.86. The van der Waals surface area contributed by atoms with Crippen LogP contribution in [-0.2, 0) is 5.54 Å². The zero-order valence-corrected chi connectivity index (χ0v) is 12.4. The molecule has 0 heterocycles. The van der Waals surface area contributed by atoms with Gasteiger partial charge in [0.1, 0.15) is 5.75 Å². The summed E-state index contributed by atoms with van der Waals surface area (Å²) < 4.78 is 6.41. The smallest absolute Gasteiger partial charge is 0.133 e. The van der Waals surface area contributed by atoms with Crippen LogP contribution in [0.25, 0.3) is 0 Å². The zero-order valence-electron chi connectivity index (χ0n) is 10.8. The molecule has 0 aromatic heterocycles. The molecule has 0 saturated heterocycles. The van der Waals surface area contributed by atoms with E-state index in [2.05, 4.69) is 35.8 Å². The Morgan fingerprint density at radius 3 is 2.41 bits per heavy atom. The van der Waals surface area contributed by atoms with Crippen LogP contribution < -0.4 is 10.5 Å². The fourth-order valence-electron chi connectivity index (χ4n) is 3.09. The topological polar surface area (TPSA) is 35.2 Å². The van der Waals surface area contributed by atoms with Crippen LogP contribution in [-0.4, -0.2) is 7.11 Å². The monoisotopic (exact) mass is 297 g/mol. The van der Waals surface area contributed by atoms with Crippen LogP contribution in [0.4, 0.5) is 0 Å². The molecule has 0 spiro atoms. The number of benzene rings is 1. The number of nitrogens with two attached hydrogens (primary N) is 1. The maximum atomic E-state index is 6.58. The third-order valence-electron chi connectivity index (χ3n) is 3.88. The summed E-state index contributed by atoms with van der Waals surface area (Å²) in [7, 11) is 1.70. The van der Waals surface area contributed by atoms with Gasteiger partial charge in [-0.3, -0.25) is 0 Å². The molecule has 1 aromatic carbocycles. The summed E-state index contributed by atoms with van der Waals surface area (Å²) >= 11 is 3.62. The van der Waals surface area contributed by atoms with Crippen LogP contribution in [0, 0.1) is 13.8 Å². The van der Waals surface area contributed by atoms with E-state index < -0.39 is 0 Å². The molecule has 1 aromatic rings. The molecule has 0 atom stereocenters. The van der Waals surface area contributed by atoms with Crippen LogP contribution in [0.15, 0.2) is 10.5 Å². The molecule has 0 aliphatic heterocycles. The molecular weight excluding hydrogens is 278 g/mol. The predicted molar refractivity (Wildman–Crippen MR) is 74.5 cm³/mol. The summed E-state index contributed by atoms with van der Waals surface area (Å²) in [4.78, 5) is 0. The Labute approximate surface area is 112 Å². The minimum absolute atomic E-state index is 0.136. The van der Waals surface area contributed by atoms with E-state index in [9.17, 15) is 0 Å². The van der Waals surface area contributed by atoms with Crippen molar-refractivity contribution >= 4 is 15.9 Å². The van der Waals surface area contributed by atoms with Crippen molar-refractivity contribution in [3.8, 4) is 5.75 Å². The van der Waals surface area contributed by atoms with E-state index in [4.69, 9.17) is 10.5 Å². The Kier molecular flexibility index (Phi) is 3.50. The highest BCUT2D eigenvalue weighted by Gasteiger charge is 2.34. The molecule has 2 rings (SSSR count). The molecule has 1 fully saturated rings. The second-order valence-electron chi connectivity index (χ2n) is 5.07. The normalized spacial score (nSPS) is 18.4. The lowest BCUT2D eigenvalue weighted by Crippen LogP contribution is -2.35. The largest absolute Gasteiger partial charge is 0.496 e. The van der Waals surface area contributed by atoms with E-state index in [-0.39, 0.29) is 5.54 Å². The van der Waals surface area contributed by atoms with Gasteiger partial charge in [-0.1, -0.05) is 12.8 Å². The first-order chi connectivity index (χ1) is 7.99. The van der Waals surface area contributed by atoms with E-state index >= 15 is 0 Å². The van der Waals surface area contributed by atoms with Crippen molar-refractivity contribution in [3.05, 3.63) is 27.2 Å². The quantitative estimate of drug-likeness (QED) is 0.901. The van der Waals surface area contributed by atoms with E-state index in [0.29, 0.717) is 0 Å². The number of hydrogen-bond donors (Lipinski definition) is 1. The Balaban J connectivity index is 2.58. The van der Waals surface area contributed by atoms with E-state index in [1.165, 1.54) is 29.5 Å². The summed E-state index contributed by atoms with van der Waals surface area (Å²) in [6.07, 6.45) is 4.65. The summed E-state index contributed by atoms with van der Waals surface area (Å²) in [5.41, 5.74) is 10.2. The Morgan fingerprint density at radius 1 is 1.29 bits per heavy atom. The van der Waals surface area contributed by atoms with Gasteiger partial charge >= 0.3 is 0 Å². The Bertz CT molecular complexity index is 436. The first-order valence-corrected chi connectivity index (χ1v) is 6.92. The highest BCUT2D eigenvalue weighted by atomic mass is 79.9. The van der Waals surface area contributed by atoms with Crippen molar-refractivity contribution in [3.63, 3.8) is 0 Å². The van der Waals surface area contributed by atoms with Gasteiger partial charge in [0, 0.05) is 5.54 Å².